The average molecular weight is 376 g/mol. The van der Waals surface area contributed by atoms with Crippen molar-refractivity contribution in [1.29, 1.82) is 0 Å². The molecule has 132 valence electrons. The molecule has 6 heteroatoms. The average Bonchev–Trinajstić information content (AvgIpc) is 2.60. The van der Waals surface area contributed by atoms with Gasteiger partial charge < -0.3 is 5.32 Å². The molecule has 1 amide bonds. The van der Waals surface area contributed by atoms with Crippen LogP contribution in [0.5, 0.6) is 0 Å². The van der Waals surface area contributed by atoms with Crippen LogP contribution in [0, 0.1) is 0 Å². The fraction of sp³-hybridized carbons (Fsp3) is 0.0500. The molecule has 0 saturated heterocycles. The molecule has 3 aromatic carbocycles. The molecule has 0 aliphatic carbocycles. The SMILES string of the molecule is O=C(/C=C/c1ccc(Cl)c(C(F)(F)F)c1)Nc1cccc2ccccc12. The van der Waals surface area contributed by atoms with Gasteiger partial charge in [0.2, 0.25) is 5.91 Å². The quantitative estimate of drug-likeness (QED) is 0.545. The molecule has 2 nitrogen and oxygen atoms in total. The Balaban J connectivity index is 1.80. The van der Waals surface area contributed by atoms with Crippen molar-refractivity contribution < 1.29 is 18.0 Å². The number of carbonyl (C=O) groups is 1. The van der Waals surface area contributed by atoms with Gasteiger partial charge in [0.15, 0.2) is 0 Å². The number of carbonyl (C=O) groups excluding carboxylic acids is 1. The molecule has 0 unspecified atom stereocenters. The second-order valence-electron chi connectivity index (χ2n) is 5.59. The number of nitrogens with one attached hydrogen (secondary N) is 1. The monoisotopic (exact) mass is 375 g/mol. The highest BCUT2D eigenvalue weighted by molar-refractivity contribution is 6.31. The summed E-state index contributed by atoms with van der Waals surface area (Å²) in [6.45, 7) is 0. The van der Waals surface area contributed by atoms with E-state index in [0.29, 0.717) is 5.69 Å². The van der Waals surface area contributed by atoms with E-state index in [9.17, 15) is 18.0 Å². The van der Waals surface area contributed by atoms with Crippen molar-refractivity contribution in [3.63, 3.8) is 0 Å². The van der Waals surface area contributed by atoms with Gasteiger partial charge in [-0.15, -0.1) is 0 Å². The molecule has 0 spiro atoms. The maximum absolute atomic E-state index is 12.9. The molecule has 0 heterocycles. The molecule has 26 heavy (non-hydrogen) atoms. The minimum atomic E-state index is -4.55. The number of halogens is 4. The molecule has 1 N–H and O–H groups in total. The number of alkyl halides is 3. The van der Waals surface area contributed by atoms with Crippen LogP contribution >= 0.6 is 11.6 Å². The normalized spacial score (nSPS) is 11.8. The van der Waals surface area contributed by atoms with Gasteiger partial charge in [-0.25, -0.2) is 0 Å². The molecular weight excluding hydrogens is 363 g/mol. The molecule has 0 aliphatic heterocycles. The van der Waals surface area contributed by atoms with Crippen LogP contribution in [-0.2, 0) is 11.0 Å². The largest absolute Gasteiger partial charge is 0.417 e. The Morgan fingerprint density at radius 2 is 1.73 bits per heavy atom. The summed E-state index contributed by atoms with van der Waals surface area (Å²) in [4.78, 5) is 12.1. The van der Waals surface area contributed by atoms with Gasteiger partial charge in [0.1, 0.15) is 0 Å². The summed E-state index contributed by atoms with van der Waals surface area (Å²) in [5.74, 6) is -0.440. The van der Waals surface area contributed by atoms with E-state index in [2.05, 4.69) is 5.32 Å². The number of hydrogen-bond acceptors (Lipinski definition) is 1. The summed E-state index contributed by atoms with van der Waals surface area (Å²) in [5, 5.41) is 4.21. The van der Waals surface area contributed by atoms with Crippen LogP contribution in [0.15, 0.2) is 66.7 Å². The number of rotatable bonds is 3. The molecule has 0 saturated carbocycles. The molecule has 0 radical (unpaired) electrons. The van der Waals surface area contributed by atoms with E-state index < -0.39 is 17.6 Å². The van der Waals surface area contributed by atoms with E-state index in [1.807, 2.05) is 36.4 Å². The Bertz CT molecular complexity index is 991. The highest BCUT2D eigenvalue weighted by atomic mass is 35.5. The van der Waals surface area contributed by atoms with Gasteiger partial charge in [0.25, 0.3) is 0 Å². The molecule has 0 atom stereocenters. The number of benzene rings is 3. The van der Waals surface area contributed by atoms with Gasteiger partial charge in [-0.1, -0.05) is 54.1 Å². The number of hydrogen-bond donors (Lipinski definition) is 1. The van der Waals surface area contributed by atoms with Gasteiger partial charge in [-0.3, -0.25) is 4.79 Å². The van der Waals surface area contributed by atoms with E-state index in [1.54, 1.807) is 6.07 Å². The Kier molecular flexibility index (Phi) is 5.00. The lowest BCUT2D eigenvalue weighted by atomic mass is 10.1. The molecule has 3 aromatic rings. The van der Waals surface area contributed by atoms with Crippen molar-refractivity contribution in [2.75, 3.05) is 5.32 Å². The van der Waals surface area contributed by atoms with Gasteiger partial charge in [-0.2, -0.15) is 13.2 Å². The lowest BCUT2D eigenvalue weighted by molar-refractivity contribution is -0.137. The van der Waals surface area contributed by atoms with E-state index in [-0.39, 0.29) is 10.6 Å². The zero-order valence-electron chi connectivity index (χ0n) is 13.3. The van der Waals surface area contributed by atoms with Crippen LogP contribution in [0.2, 0.25) is 5.02 Å². The van der Waals surface area contributed by atoms with E-state index >= 15 is 0 Å². The third-order valence-electron chi connectivity index (χ3n) is 3.77. The van der Waals surface area contributed by atoms with Crippen molar-refractivity contribution in [2.24, 2.45) is 0 Å². The topological polar surface area (TPSA) is 29.1 Å². The third kappa shape index (κ3) is 4.06. The summed E-state index contributed by atoms with van der Waals surface area (Å²) in [7, 11) is 0. The van der Waals surface area contributed by atoms with Crippen LogP contribution < -0.4 is 5.32 Å². The first-order chi connectivity index (χ1) is 12.3. The summed E-state index contributed by atoms with van der Waals surface area (Å²) in [6.07, 6.45) is -2.05. The van der Waals surface area contributed by atoms with Crippen molar-refractivity contribution >= 4 is 40.0 Å². The lowest BCUT2D eigenvalue weighted by Gasteiger charge is -2.09. The number of fused-ring (bicyclic) bond motifs is 1. The van der Waals surface area contributed by atoms with E-state index in [0.717, 1.165) is 22.9 Å². The second-order valence-corrected chi connectivity index (χ2v) is 5.99. The van der Waals surface area contributed by atoms with Crippen LogP contribution in [0.1, 0.15) is 11.1 Å². The Morgan fingerprint density at radius 3 is 2.50 bits per heavy atom. The minimum absolute atomic E-state index is 0.231. The first-order valence-corrected chi connectivity index (χ1v) is 8.06. The standard InChI is InChI=1S/C20H13ClF3NO/c21-17-10-8-13(12-16(17)20(22,23)24)9-11-19(26)25-18-7-3-5-14-4-1-2-6-15(14)18/h1-12H,(H,25,26)/b11-9+. The first-order valence-electron chi connectivity index (χ1n) is 7.68. The summed E-state index contributed by atoms with van der Waals surface area (Å²) < 4.78 is 38.6. The fourth-order valence-electron chi connectivity index (χ4n) is 2.54. The van der Waals surface area contributed by atoms with Crippen molar-refractivity contribution in [3.8, 4) is 0 Å². The Morgan fingerprint density at radius 1 is 1.00 bits per heavy atom. The third-order valence-corrected chi connectivity index (χ3v) is 4.10. The second kappa shape index (κ2) is 7.22. The van der Waals surface area contributed by atoms with Crippen LogP contribution in [-0.4, -0.2) is 5.91 Å². The Labute approximate surface area is 152 Å². The number of amides is 1. The zero-order chi connectivity index (χ0) is 18.7. The highest BCUT2D eigenvalue weighted by Gasteiger charge is 2.33. The molecule has 0 aliphatic rings. The van der Waals surface area contributed by atoms with E-state index in [1.165, 1.54) is 18.2 Å². The summed E-state index contributed by atoms with van der Waals surface area (Å²) in [6, 6.07) is 16.5. The Hall–Kier alpha value is -2.79. The molecule has 0 aromatic heterocycles. The smallest absolute Gasteiger partial charge is 0.322 e. The van der Waals surface area contributed by atoms with Gasteiger partial charge in [0.05, 0.1) is 10.6 Å². The summed E-state index contributed by atoms with van der Waals surface area (Å²) in [5.41, 5.74) is -0.0737. The molecule has 0 fully saturated rings. The van der Waals surface area contributed by atoms with Crippen LogP contribution in [0.4, 0.5) is 18.9 Å². The van der Waals surface area contributed by atoms with E-state index in [4.69, 9.17) is 11.6 Å². The van der Waals surface area contributed by atoms with Crippen molar-refractivity contribution in [2.45, 2.75) is 6.18 Å². The van der Waals surface area contributed by atoms with Gasteiger partial charge in [0, 0.05) is 17.1 Å². The first kappa shape index (κ1) is 18.0. The zero-order valence-corrected chi connectivity index (χ0v) is 14.1. The maximum atomic E-state index is 12.9. The van der Waals surface area contributed by atoms with Gasteiger partial charge >= 0.3 is 6.18 Å². The maximum Gasteiger partial charge on any atom is 0.417 e. The predicted molar refractivity (Wildman–Crippen MR) is 98.1 cm³/mol. The van der Waals surface area contributed by atoms with Crippen LogP contribution in [0.25, 0.3) is 16.8 Å². The van der Waals surface area contributed by atoms with Crippen molar-refractivity contribution in [1.82, 2.24) is 0 Å². The predicted octanol–water partition coefficient (Wildman–Crippen LogP) is 6.16. The summed E-state index contributed by atoms with van der Waals surface area (Å²) >= 11 is 5.58. The van der Waals surface area contributed by atoms with Crippen LogP contribution in [0.3, 0.4) is 0 Å². The highest BCUT2D eigenvalue weighted by Crippen LogP contribution is 2.35. The van der Waals surface area contributed by atoms with Gasteiger partial charge in [-0.05, 0) is 35.2 Å². The molecular formula is C20H13ClF3NO. The van der Waals surface area contributed by atoms with Crippen molar-refractivity contribution in [3.05, 3.63) is 82.9 Å². The fourth-order valence-corrected chi connectivity index (χ4v) is 2.77. The molecule has 3 rings (SSSR count). The molecule has 0 bridgehead atoms. The lowest BCUT2D eigenvalue weighted by Crippen LogP contribution is -2.08. The number of anilines is 1. The minimum Gasteiger partial charge on any atom is -0.322 e.